The number of nitrogens with one attached hydrogen (secondary N) is 1. The Hall–Kier alpha value is -3.94. The van der Waals surface area contributed by atoms with Gasteiger partial charge < -0.3 is 14.8 Å². The number of hydrogen-bond donors (Lipinski definition) is 1. The molecule has 4 rings (SSSR count). The second-order valence-electron chi connectivity index (χ2n) is 6.36. The highest BCUT2D eigenvalue weighted by Gasteiger charge is 2.32. The van der Waals surface area contributed by atoms with Gasteiger partial charge in [0.05, 0.1) is 5.69 Å². The summed E-state index contributed by atoms with van der Waals surface area (Å²) in [6.07, 6.45) is 2.50. The third-order valence-corrected chi connectivity index (χ3v) is 4.24. The summed E-state index contributed by atoms with van der Waals surface area (Å²) in [7, 11) is 0. The van der Waals surface area contributed by atoms with Gasteiger partial charge in [0.1, 0.15) is 18.0 Å². The van der Waals surface area contributed by atoms with Crippen LogP contribution in [-0.4, -0.2) is 34.4 Å². The van der Waals surface area contributed by atoms with E-state index in [0.29, 0.717) is 22.9 Å². The van der Waals surface area contributed by atoms with Crippen molar-refractivity contribution in [3.05, 3.63) is 67.0 Å². The van der Waals surface area contributed by atoms with Gasteiger partial charge in [-0.15, -0.1) is 0 Å². The molecule has 1 N–H and O–H groups in total. The molecule has 0 saturated carbocycles. The van der Waals surface area contributed by atoms with Crippen LogP contribution in [0.5, 0.6) is 17.5 Å². The molecule has 1 aliphatic rings. The zero-order valence-corrected chi connectivity index (χ0v) is 15.6. The lowest BCUT2D eigenvalue weighted by Gasteiger charge is -2.32. The van der Waals surface area contributed by atoms with E-state index in [1.54, 1.807) is 67.8 Å². The van der Waals surface area contributed by atoms with E-state index >= 15 is 0 Å². The summed E-state index contributed by atoms with van der Waals surface area (Å²) in [4.78, 5) is 34.6. The Balaban J connectivity index is 1.46. The molecule has 2 amide bonds. The van der Waals surface area contributed by atoms with E-state index in [9.17, 15) is 9.59 Å². The van der Waals surface area contributed by atoms with Crippen molar-refractivity contribution >= 4 is 23.2 Å². The summed E-state index contributed by atoms with van der Waals surface area (Å²) in [5, 5.41) is 2.79. The van der Waals surface area contributed by atoms with Crippen molar-refractivity contribution in [1.82, 2.24) is 9.97 Å². The fraction of sp³-hybridized carbons (Fsp3) is 0.143. The molecule has 0 unspecified atom stereocenters. The van der Waals surface area contributed by atoms with Crippen LogP contribution in [0.1, 0.15) is 6.92 Å². The first-order valence-electron chi connectivity index (χ1n) is 9.02. The van der Waals surface area contributed by atoms with E-state index in [1.807, 2.05) is 6.07 Å². The number of carbonyl (C=O) groups is 2. The maximum absolute atomic E-state index is 12.6. The van der Waals surface area contributed by atoms with E-state index in [4.69, 9.17) is 9.47 Å². The average molecular weight is 390 g/mol. The second-order valence-corrected chi connectivity index (χ2v) is 6.36. The summed E-state index contributed by atoms with van der Waals surface area (Å²) >= 11 is 0. The molecular formula is C21H18N4O4. The van der Waals surface area contributed by atoms with Crippen LogP contribution in [0.3, 0.4) is 0 Å². The Morgan fingerprint density at radius 3 is 2.76 bits per heavy atom. The highest BCUT2D eigenvalue weighted by molar-refractivity contribution is 6.06. The number of amides is 2. The monoisotopic (exact) mass is 390 g/mol. The minimum absolute atomic E-state index is 0.129. The Bertz CT molecular complexity index is 1040. The lowest BCUT2D eigenvalue weighted by atomic mass is 10.2. The van der Waals surface area contributed by atoms with Gasteiger partial charge in [0, 0.05) is 24.1 Å². The van der Waals surface area contributed by atoms with Crippen molar-refractivity contribution in [3.63, 3.8) is 0 Å². The molecule has 0 radical (unpaired) electrons. The van der Waals surface area contributed by atoms with Crippen molar-refractivity contribution in [2.75, 3.05) is 16.8 Å². The molecule has 8 nitrogen and oxygen atoms in total. The number of ether oxygens (including phenoxy) is 2. The molecule has 8 heteroatoms. The molecule has 0 saturated heterocycles. The van der Waals surface area contributed by atoms with Gasteiger partial charge >= 0.3 is 6.01 Å². The quantitative estimate of drug-likeness (QED) is 0.720. The molecule has 0 fully saturated rings. The fourth-order valence-corrected chi connectivity index (χ4v) is 2.95. The Morgan fingerprint density at radius 1 is 1.14 bits per heavy atom. The van der Waals surface area contributed by atoms with Gasteiger partial charge in [0.25, 0.3) is 5.91 Å². The molecule has 0 aliphatic carbocycles. The number of fused-ring (bicyclic) bond motifs is 1. The van der Waals surface area contributed by atoms with E-state index in [0.717, 1.165) is 0 Å². The predicted molar refractivity (Wildman–Crippen MR) is 106 cm³/mol. The first-order chi connectivity index (χ1) is 14.1. The molecule has 1 atom stereocenters. The average Bonchev–Trinajstić information content (AvgIpc) is 2.72. The van der Waals surface area contributed by atoms with Gasteiger partial charge in [-0.05, 0) is 37.3 Å². The molecule has 29 heavy (non-hydrogen) atoms. The van der Waals surface area contributed by atoms with Crippen LogP contribution in [0.25, 0.3) is 0 Å². The number of hydrogen-bond acceptors (Lipinski definition) is 6. The number of carbonyl (C=O) groups excluding carboxylic acids is 2. The molecule has 1 aromatic heterocycles. The normalized spacial score (nSPS) is 15.3. The van der Waals surface area contributed by atoms with Crippen molar-refractivity contribution in [1.29, 1.82) is 0 Å². The van der Waals surface area contributed by atoms with Crippen LogP contribution in [0.4, 0.5) is 11.4 Å². The molecule has 0 bridgehead atoms. The van der Waals surface area contributed by atoms with Gasteiger partial charge in [-0.2, -0.15) is 0 Å². The van der Waals surface area contributed by atoms with Gasteiger partial charge in [0.2, 0.25) is 5.91 Å². The number of aromatic nitrogens is 2. The summed E-state index contributed by atoms with van der Waals surface area (Å²) in [6, 6.07) is 15.9. The third kappa shape index (κ3) is 4.16. The molecule has 0 spiro atoms. The topological polar surface area (TPSA) is 93.7 Å². The molecule has 1 aliphatic heterocycles. The molecule has 146 valence electrons. The zero-order valence-electron chi connectivity index (χ0n) is 15.6. The summed E-state index contributed by atoms with van der Waals surface area (Å²) in [5.41, 5.74) is 1.11. The second kappa shape index (κ2) is 7.97. The van der Waals surface area contributed by atoms with E-state index in [1.165, 1.54) is 4.90 Å². The van der Waals surface area contributed by atoms with Crippen LogP contribution in [0, 0.1) is 0 Å². The van der Waals surface area contributed by atoms with Gasteiger partial charge in [-0.1, -0.05) is 18.2 Å². The molecule has 2 aromatic carbocycles. The minimum Gasteiger partial charge on any atom is -0.479 e. The van der Waals surface area contributed by atoms with Crippen LogP contribution < -0.4 is 19.7 Å². The largest absolute Gasteiger partial charge is 0.479 e. The van der Waals surface area contributed by atoms with Crippen molar-refractivity contribution in [3.8, 4) is 17.5 Å². The summed E-state index contributed by atoms with van der Waals surface area (Å²) in [5.74, 6) is 0.452. The Labute approximate surface area is 167 Å². The van der Waals surface area contributed by atoms with Gasteiger partial charge in [-0.3, -0.25) is 14.5 Å². The van der Waals surface area contributed by atoms with Gasteiger partial charge in [0.15, 0.2) is 6.10 Å². The lowest BCUT2D eigenvalue weighted by molar-refractivity contribution is -0.127. The highest BCUT2D eigenvalue weighted by atomic mass is 16.5. The summed E-state index contributed by atoms with van der Waals surface area (Å²) in [6.45, 7) is 1.53. The number of rotatable bonds is 5. The van der Waals surface area contributed by atoms with Crippen molar-refractivity contribution in [2.24, 2.45) is 0 Å². The van der Waals surface area contributed by atoms with E-state index in [2.05, 4.69) is 15.3 Å². The Kier molecular flexibility index (Phi) is 5.07. The predicted octanol–water partition coefficient (Wildman–Crippen LogP) is 3.02. The minimum atomic E-state index is -0.652. The van der Waals surface area contributed by atoms with Crippen LogP contribution in [0.2, 0.25) is 0 Å². The van der Waals surface area contributed by atoms with Crippen molar-refractivity contribution in [2.45, 2.75) is 13.0 Å². The number of benzene rings is 2. The van der Waals surface area contributed by atoms with E-state index in [-0.39, 0.29) is 24.4 Å². The first kappa shape index (κ1) is 18.4. The third-order valence-electron chi connectivity index (χ3n) is 4.24. The van der Waals surface area contributed by atoms with Gasteiger partial charge in [-0.25, -0.2) is 9.97 Å². The Morgan fingerprint density at radius 2 is 1.93 bits per heavy atom. The summed E-state index contributed by atoms with van der Waals surface area (Å²) < 4.78 is 11.2. The van der Waals surface area contributed by atoms with Crippen LogP contribution in [-0.2, 0) is 9.59 Å². The molecule has 2 heterocycles. The number of anilines is 2. The number of para-hydroxylation sites is 2. The first-order valence-corrected chi connectivity index (χ1v) is 9.02. The van der Waals surface area contributed by atoms with Crippen LogP contribution in [0.15, 0.2) is 67.0 Å². The zero-order chi connectivity index (χ0) is 20.2. The molecular weight excluding hydrogens is 372 g/mol. The maximum atomic E-state index is 12.6. The standard InChI is InChI=1S/C21H18N4O4/c1-14-20(27)25(17-8-2-3-9-18(17)28-14)13-19(26)24-15-6-4-7-16(12-15)29-21-22-10-5-11-23-21/h2-12,14H,13H2,1H3,(H,24,26)/t14-/m1/s1. The van der Waals surface area contributed by atoms with E-state index < -0.39 is 6.10 Å². The lowest BCUT2D eigenvalue weighted by Crippen LogP contribution is -2.47. The fourth-order valence-electron chi connectivity index (χ4n) is 2.95. The van der Waals surface area contributed by atoms with Crippen LogP contribution >= 0.6 is 0 Å². The highest BCUT2D eigenvalue weighted by Crippen LogP contribution is 2.33. The number of nitrogens with zero attached hydrogens (tertiary/aromatic N) is 3. The molecule has 3 aromatic rings. The SMILES string of the molecule is C[C@H]1Oc2ccccc2N(CC(=O)Nc2cccc(Oc3ncccn3)c2)C1=O. The smallest absolute Gasteiger partial charge is 0.321 e. The van der Waals surface area contributed by atoms with Crippen molar-refractivity contribution < 1.29 is 19.1 Å². The maximum Gasteiger partial charge on any atom is 0.321 e.